The molecule has 0 saturated heterocycles. The van der Waals surface area contributed by atoms with Crippen LogP contribution in [0.15, 0.2) is 12.8 Å². The fourth-order valence-electron chi connectivity index (χ4n) is 3.42. The summed E-state index contributed by atoms with van der Waals surface area (Å²) in [4.78, 5) is 11.0. The van der Waals surface area contributed by atoms with Crippen molar-refractivity contribution in [3.63, 3.8) is 0 Å². The fraction of sp³-hybridized carbons (Fsp3) is 0.786. The second kappa shape index (κ2) is 5.47. The van der Waals surface area contributed by atoms with Gasteiger partial charge in [0.15, 0.2) is 0 Å². The molecule has 3 nitrogen and oxygen atoms in total. The highest BCUT2D eigenvalue weighted by molar-refractivity contribution is 5.76. The van der Waals surface area contributed by atoms with Crippen LogP contribution in [0.3, 0.4) is 0 Å². The van der Waals surface area contributed by atoms with Crippen molar-refractivity contribution < 1.29 is 23.0 Å². The van der Waals surface area contributed by atoms with Crippen LogP contribution < -0.4 is 0 Å². The van der Waals surface area contributed by atoms with Crippen LogP contribution in [0.4, 0.5) is 8.78 Å². The summed E-state index contributed by atoms with van der Waals surface area (Å²) in [7, 11) is 0. The Hall–Kier alpha value is -1.13. The van der Waals surface area contributed by atoms with Crippen LogP contribution in [-0.2, 0) is 14.3 Å². The highest BCUT2D eigenvalue weighted by Crippen LogP contribution is 2.51. The smallest absolute Gasteiger partial charge is 0.376 e. The summed E-state index contributed by atoms with van der Waals surface area (Å²) in [6, 6.07) is 0. The Labute approximate surface area is 112 Å². The van der Waals surface area contributed by atoms with E-state index in [1.165, 1.54) is 6.26 Å². The van der Waals surface area contributed by atoms with Gasteiger partial charge in [0.2, 0.25) is 0 Å². The minimum Gasteiger partial charge on any atom is -0.502 e. The number of alkyl halides is 2. The predicted molar refractivity (Wildman–Crippen MR) is 65.5 cm³/mol. The molecule has 0 radical (unpaired) electrons. The van der Waals surface area contributed by atoms with E-state index < -0.39 is 11.9 Å². The summed E-state index contributed by atoms with van der Waals surface area (Å²) in [6.45, 7) is 4.90. The van der Waals surface area contributed by atoms with Gasteiger partial charge in [0.05, 0.1) is 19.5 Å². The van der Waals surface area contributed by atoms with Gasteiger partial charge in [-0.05, 0) is 42.9 Å². The molecule has 0 heterocycles. The van der Waals surface area contributed by atoms with Gasteiger partial charge in [-0.25, -0.2) is 4.79 Å². The van der Waals surface area contributed by atoms with E-state index in [1.54, 1.807) is 0 Å². The van der Waals surface area contributed by atoms with Gasteiger partial charge in [0.1, 0.15) is 0 Å². The van der Waals surface area contributed by atoms with Crippen molar-refractivity contribution in [2.45, 2.75) is 32.1 Å². The van der Waals surface area contributed by atoms with Gasteiger partial charge < -0.3 is 9.47 Å². The van der Waals surface area contributed by atoms with E-state index in [4.69, 9.17) is 9.47 Å². The van der Waals surface area contributed by atoms with Crippen molar-refractivity contribution in [1.82, 2.24) is 0 Å². The van der Waals surface area contributed by atoms with Gasteiger partial charge in [-0.2, -0.15) is 8.78 Å². The summed E-state index contributed by atoms with van der Waals surface area (Å²) < 4.78 is 35.3. The number of hydrogen-bond donors (Lipinski definition) is 0. The number of rotatable bonds is 6. The lowest BCUT2D eigenvalue weighted by Crippen LogP contribution is -2.31. The van der Waals surface area contributed by atoms with E-state index in [0.29, 0.717) is 31.3 Å². The number of halogens is 2. The highest BCUT2D eigenvalue weighted by Gasteiger charge is 2.46. The molecule has 0 spiro atoms. The molecular formula is C14H20F2O3. The maximum atomic E-state index is 12.7. The zero-order chi connectivity index (χ0) is 14.0. The summed E-state index contributed by atoms with van der Waals surface area (Å²) in [5.41, 5.74) is 0. The molecule has 0 aromatic heterocycles. The van der Waals surface area contributed by atoms with Crippen LogP contribution in [0.25, 0.3) is 0 Å². The van der Waals surface area contributed by atoms with E-state index in [9.17, 15) is 13.6 Å². The van der Waals surface area contributed by atoms with Crippen molar-refractivity contribution in [2.24, 2.45) is 23.7 Å². The minimum atomic E-state index is -3.39. The first-order chi connectivity index (χ1) is 8.91. The van der Waals surface area contributed by atoms with E-state index in [-0.39, 0.29) is 12.5 Å². The van der Waals surface area contributed by atoms with E-state index >= 15 is 0 Å². The molecule has 4 atom stereocenters. The van der Waals surface area contributed by atoms with Crippen LogP contribution in [-0.4, -0.2) is 25.1 Å². The highest BCUT2D eigenvalue weighted by atomic mass is 19.3. The van der Waals surface area contributed by atoms with Crippen LogP contribution >= 0.6 is 0 Å². The molecule has 0 aromatic rings. The Bertz CT molecular complexity index is 351. The molecular weight excluding hydrogens is 254 g/mol. The standard InChI is InChI=1S/C14H20F2O3/c1-3-18-7-11-5-10-4-9(11)6-12(10)8-19-13(17)14(2,15)16/h3,9-12H,1,4-8H2,2H3. The molecule has 2 bridgehead atoms. The van der Waals surface area contributed by atoms with E-state index in [0.717, 1.165) is 19.3 Å². The van der Waals surface area contributed by atoms with E-state index in [1.807, 2.05) is 0 Å². The van der Waals surface area contributed by atoms with Crippen molar-refractivity contribution in [1.29, 1.82) is 0 Å². The normalized spacial score (nSPS) is 33.2. The van der Waals surface area contributed by atoms with E-state index in [2.05, 4.69) is 6.58 Å². The van der Waals surface area contributed by atoms with Gasteiger partial charge in [-0.1, -0.05) is 6.58 Å². The van der Waals surface area contributed by atoms with Crippen LogP contribution in [0.5, 0.6) is 0 Å². The lowest BCUT2D eigenvalue weighted by atomic mass is 9.83. The Balaban J connectivity index is 1.75. The Morgan fingerprint density at radius 2 is 1.84 bits per heavy atom. The lowest BCUT2D eigenvalue weighted by Gasteiger charge is -2.27. The SMILES string of the molecule is C=COCC1CC2CC1CC2COC(=O)C(C)(F)F. The number of hydrogen-bond acceptors (Lipinski definition) is 3. The summed E-state index contributed by atoms with van der Waals surface area (Å²) in [5.74, 6) is -3.00. The number of fused-ring (bicyclic) bond motifs is 2. The Kier molecular flexibility index (Phi) is 4.11. The lowest BCUT2D eigenvalue weighted by molar-refractivity contribution is -0.171. The summed E-state index contributed by atoms with van der Waals surface area (Å²) in [5, 5.41) is 0. The Morgan fingerprint density at radius 3 is 2.32 bits per heavy atom. The molecule has 0 aliphatic heterocycles. The zero-order valence-corrected chi connectivity index (χ0v) is 11.1. The van der Waals surface area contributed by atoms with Gasteiger partial charge in [0, 0.05) is 6.92 Å². The molecule has 5 heteroatoms. The van der Waals surface area contributed by atoms with Crippen molar-refractivity contribution >= 4 is 5.97 Å². The molecule has 0 aromatic carbocycles. The maximum Gasteiger partial charge on any atom is 0.376 e. The number of ether oxygens (including phenoxy) is 2. The van der Waals surface area contributed by atoms with Crippen LogP contribution in [0.2, 0.25) is 0 Å². The summed E-state index contributed by atoms with van der Waals surface area (Å²) in [6.07, 6.45) is 4.52. The molecule has 2 rings (SSSR count). The van der Waals surface area contributed by atoms with Crippen molar-refractivity contribution in [3.8, 4) is 0 Å². The second-order valence-corrected chi connectivity index (χ2v) is 5.73. The topological polar surface area (TPSA) is 35.5 Å². The summed E-state index contributed by atoms with van der Waals surface area (Å²) >= 11 is 0. The molecule has 0 amide bonds. The number of esters is 1. The van der Waals surface area contributed by atoms with Crippen LogP contribution in [0, 0.1) is 23.7 Å². The molecule has 4 unspecified atom stereocenters. The monoisotopic (exact) mass is 274 g/mol. The first-order valence-corrected chi connectivity index (χ1v) is 6.69. The molecule has 2 saturated carbocycles. The molecule has 2 fully saturated rings. The third-order valence-electron chi connectivity index (χ3n) is 4.36. The third-order valence-corrected chi connectivity index (χ3v) is 4.36. The molecule has 2 aliphatic rings. The molecule has 0 N–H and O–H groups in total. The second-order valence-electron chi connectivity index (χ2n) is 5.73. The first kappa shape index (κ1) is 14.3. The predicted octanol–water partition coefficient (Wildman–Crippen LogP) is 3.01. The third kappa shape index (κ3) is 3.25. The van der Waals surface area contributed by atoms with Gasteiger partial charge >= 0.3 is 11.9 Å². The molecule has 2 aliphatic carbocycles. The molecule has 19 heavy (non-hydrogen) atoms. The average Bonchev–Trinajstić information content (AvgIpc) is 2.91. The fourth-order valence-corrected chi connectivity index (χ4v) is 3.42. The Morgan fingerprint density at radius 1 is 1.26 bits per heavy atom. The van der Waals surface area contributed by atoms with Crippen molar-refractivity contribution in [3.05, 3.63) is 12.8 Å². The average molecular weight is 274 g/mol. The minimum absolute atomic E-state index is 0.123. The van der Waals surface area contributed by atoms with Gasteiger partial charge in [0.25, 0.3) is 0 Å². The van der Waals surface area contributed by atoms with Crippen molar-refractivity contribution in [2.75, 3.05) is 13.2 Å². The molecule has 108 valence electrons. The van der Waals surface area contributed by atoms with Gasteiger partial charge in [-0.3, -0.25) is 0 Å². The maximum absolute atomic E-state index is 12.7. The van der Waals surface area contributed by atoms with Gasteiger partial charge in [-0.15, -0.1) is 0 Å². The zero-order valence-electron chi connectivity index (χ0n) is 11.1. The quantitative estimate of drug-likeness (QED) is 0.551. The largest absolute Gasteiger partial charge is 0.502 e. The first-order valence-electron chi connectivity index (χ1n) is 6.69. The number of carbonyl (C=O) groups is 1. The number of carbonyl (C=O) groups excluding carboxylic acids is 1. The van der Waals surface area contributed by atoms with Crippen LogP contribution in [0.1, 0.15) is 26.2 Å².